The highest BCUT2D eigenvalue weighted by atomic mass is 32.2. The van der Waals surface area contributed by atoms with E-state index in [-0.39, 0.29) is 30.4 Å². The highest BCUT2D eigenvalue weighted by Crippen LogP contribution is 2.18. The van der Waals surface area contributed by atoms with Gasteiger partial charge < -0.3 is 10.1 Å². The molecule has 2 aliphatic rings. The Labute approximate surface area is 148 Å². The van der Waals surface area contributed by atoms with E-state index in [1.165, 1.54) is 17.1 Å². The Morgan fingerprint density at radius 2 is 2.00 bits per heavy atom. The van der Waals surface area contributed by atoms with Crippen molar-refractivity contribution < 1.29 is 17.9 Å². The predicted octanol–water partition coefficient (Wildman–Crippen LogP) is 1.25. The van der Waals surface area contributed by atoms with E-state index in [1.54, 1.807) is 0 Å². The van der Waals surface area contributed by atoms with Crippen LogP contribution in [0.5, 0.6) is 0 Å². The fourth-order valence-electron chi connectivity index (χ4n) is 3.40. The number of rotatable bonds is 7. The van der Waals surface area contributed by atoms with Gasteiger partial charge in [0, 0.05) is 18.8 Å². The third kappa shape index (κ3) is 5.71. The van der Waals surface area contributed by atoms with Crippen LogP contribution in [0.2, 0.25) is 0 Å². The van der Waals surface area contributed by atoms with Gasteiger partial charge in [-0.25, -0.2) is 8.42 Å². The smallest absolute Gasteiger partial charge is 0.241 e. The SMILES string of the molecule is O=C(Cn1cc(NS(=O)(=O)CC2CCCCO2)cn1)NC1CCCC1. The van der Waals surface area contributed by atoms with Gasteiger partial charge in [-0.3, -0.25) is 14.2 Å². The van der Waals surface area contributed by atoms with E-state index in [2.05, 4.69) is 15.1 Å². The van der Waals surface area contributed by atoms with Crippen LogP contribution in [0.1, 0.15) is 44.9 Å². The Balaban J connectivity index is 1.49. The first-order valence-corrected chi connectivity index (χ1v) is 10.6. The summed E-state index contributed by atoms with van der Waals surface area (Å²) in [6, 6.07) is 0.261. The molecule has 1 aliphatic carbocycles. The van der Waals surface area contributed by atoms with Gasteiger partial charge in [0.15, 0.2) is 0 Å². The van der Waals surface area contributed by atoms with Crippen molar-refractivity contribution in [3.8, 4) is 0 Å². The van der Waals surface area contributed by atoms with Gasteiger partial charge in [-0.15, -0.1) is 0 Å². The molecule has 1 amide bonds. The molecule has 1 saturated heterocycles. The molecular formula is C16H26N4O4S. The molecule has 3 rings (SSSR count). The van der Waals surface area contributed by atoms with Gasteiger partial charge in [0.05, 0.1) is 23.7 Å². The number of carbonyl (C=O) groups excluding carboxylic acids is 1. The lowest BCUT2D eigenvalue weighted by atomic mass is 10.1. The summed E-state index contributed by atoms with van der Waals surface area (Å²) in [6.07, 6.45) is 9.81. The summed E-state index contributed by atoms with van der Waals surface area (Å²) in [7, 11) is -3.50. The normalized spacial score (nSPS) is 22.0. The second kappa shape index (κ2) is 8.18. The van der Waals surface area contributed by atoms with Crippen molar-refractivity contribution >= 4 is 21.6 Å². The summed E-state index contributed by atoms with van der Waals surface area (Å²) in [5.41, 5.74) is 0.365. The van der Waals surface area contributed by atoms with E-state index in [4.69, 9.17) is 4.74 Å². The number of carbonyl (C=O) groups is 1. The lowest BCUT2D eigenvalue weighted by molar-refractivity contribution is -0.122. The predicted molar refractivity (Wildman–Crippen MR) is 93.6 cm³/mol. The molecule has 25 heavy (non-hydrogen) atoms. The molecule has 9 heteroatoms. The molecular weight excluding hydrogens is 344 g/mol. The molecule has 0 bridgehead atoms. The average Bonchev–Trinajstić information content (AvgIpc) is 3.19. The van der Waals surface area contributed by atoms with Crippen molar-refractivity contribution in [3.05, 3.63) is 12.4 Å². The summed E-state index contributed by atoms with van der Waals surface area (Å²) in [4.78, 5) is 12.0. The minimum Gasteiger partial charge on any atom is -0.377 e. The molecule has 2 fully saturated rings. The first-order chi connectivity index (χ1) is 12.0. The van der Waals surface area contributed by atoms with E-state index in [1.807, 2.05) is 0 Å². The topological polar surface area (TPSA) is 102 Å². The number of amides is 1. The maximum atomic E-state index is 12.2. The Hall–Kier alpha value is -1.61. The number of nitrogens with zero attached hydrogens (tertiary/aromatic N) is 2. The number of anilines is 1. The molecule has 8 nitrogen and oxygen atoms in total. The number of hydrogen-bond donors (Lipinski definition) is 2. The molecule has 1 unspecified atom stereocenters. The highest BCUT2D eigenvalue weighted by molar-refractivity contribution is 7.92. The number of aromatic nitrogens is 2. The van der Waals surface area contributed by atoms with Gasteiger partial charge in [0.1, 0.15) is 6.54 Å². The van der Waals surface area contributed by atoms with Crippen LogP contribution in [0.25, 0.3) is 0 Å². The molecule has 0 aromatic carbocycles. The van der Waals surface area contributed by atoms with Crippen LogP contribution in [0.3, 0.4) is 0 Å². The third-order valence-electron chi connectivity index (χ3n) is 4.61. The van der Waals surface area contributed by atoms with Crippen LogP contribution in [0, 0.1) is 0 Å². The summed E-state index contributed by atoms with van der Waals surface area (Å²) >= 11 is 0. The Morgan fingerprint density at radius 3 is 2.72 bits per heavy atom. The van der Waals surface area contributed by atoms with Gasteiger partial charge in [0.2, 0.25) is 15.9 Å². The molecule has 0 spiro atoms. The minimum atomic E-state index is -3.50. The standard InChI is InChI=1S/C16H26N4O4S/c21-16(18-13-5-1-2-6-13)11-20-10-14(9-17-20)19-25(22,23)12-15-7-3-4-8-24-15/h9-10,13,15,19H,1-8,11-12H2,(H,18,21). The van der Waals surface area contributed by atoms with E-state index in [0.29, 0.717) is 12.3 Å². The van der Waals surface area contributed by atoms with Gasteiger partial charge in [0.25, 0.3) is 0 Å². The number of hydrogen-bond acceptors (Lipinski definition) is 5. The van der Waals surface area contributed by atoms with Gasteiger partial charge >= 0.3 is 0 Å². The van der Waals surface area contributed by atoms with Crippen molar-refractivity contribution in [2.45, 2.75) is 63.6 Å². The molecule has 1 aromatic heterocycles. The summed E-state index contributed by atoms with van der Waals surface area (Å²) in [5, 5.41) is 7.04. The molecule has 1 saturated carbocycles. The van der Waals surface area contributed by atoms with Crippen molar-refractivity contribution in [3.63, 3.8) is 0 Å². The molecule has 2 N–H and O–H groups in total. The van der Waals surface area contributed by atoms with E-state index >= 15 is 0 Å². The highest BCUT2D eigenvalue weighted by Gasteiger charge is 2.23. The van der Waals surface area contributed by atoms with Crippen LogP contribution in [-0.4, -0.2) is 48.6 Å². The lowest BCUT2D eigenvalue weighted by Crippen LogP contribution is -2.35. The van der Waals surface area contributed by atoms with Crippen LogP contribution in [0.15, 0.2) is 12.4 Å². The zero-order chi connectivity index (χ0) is 17.7. The number of nitrogens with one attached hydrogen (secondary N) is 2. The van der Waals surface area contributed by atoms with Gasteiger partial charge in [-0.05, 0) is 32.1 Å². The third-order valence-corrected chi connectivity index (χ3v) is 5.97. The quantitative estimate of drug-likeness (QED) is 0.752. The summed E-state index contributed by atoms with van der Waals surface area (Å²) < 4.78 is 33.9. The fraction of sp³-hybridized carbons (Fsp3) is 0.750. The van der Waals surface area contributed by atoms with Crippen LogP contribution in [-0.2, 0) is 26.1 Å². The molecule has 1 aliphatic heterocycles. The van der Waals surface area contributed by atoms with E-state index in [0.717, 1.165) is 44.9 Å². The summed E-state index contributed by atoms with van der Waals surface area (Å²) in [5.74, 6) is -0.152. The largest absolute Gasteiger partial charge is 0.377 e. The second-order valence-electron chi connectivity index (χ2n) is 6.85. The fourth-order valence-corrected chi connectivity index (χ4v) is 4.70. The zero-order valence-corrected chi connectivity index (χ0v) is 15.1. The summed E-state index contributed by atoms with van der Waals surface area (Å²) in [6.45, 7) is 0.707. The molecule has 140 valence electrons. The Bertz CT molecular complexity index is 676. The van der Waals surface area contributed by atoms with Crippen molar-refractivity contribution in [2.24, 2.45) is 0 Å². The van der Waals surface area contributed by atoms with E-state index < -0.39 is 10.0 Å². The average molecular weight is 370 g/mol. The molecule has 2 heterocycles. The van der Waals surface area contributed by atoms with E-state index in [9.17, 15) is 13.2 Å². The number of sulfonamides is 1. The lowest BCUT2D eigenvalue weighted by Gasteiger charge is -2.22. The first kappa shape index (κ1) is 18.2. The van der Waals surface area contributed by atoms with Crippen LogP contribution < -0.4 is 10.0 Å². The maximum absolute atomic E-state index is 12.2. The molecule has 1 aromatic rings. The monoisotopic (exact) mass is 370 g/mol. The van der Waals surface area contributed by atoms with Gasteiger partial charge in [-0.2, -0.15) is 5.10 Å². The van der Waals surface area contributed by atoms with Crippen molar-refractivity contribution in [1.82, 2.24) is 15.1 Å². The Kier molecular flexibility index (Phi) is 5.95. The van der Waals surface area contributed by atoms with Crippen LogP contribution in [0.4, 0.5) is 5.69 Å². The maximum Gasteiger partial charge on any atom is 0.241 e. The van der Waals surface area contributed by atoms with Crippen molar-refractivity contribution in [2.75, 3.05) is 17.1 Å². The number of ether oxygens (including phenoxy) is 1. The second-order valence-corrected chi connectivity index (χ2v) is 8.61. The minimum absolute atomic E-state index is 0.0552. The van der Waals surface area contributed by atoms with Crippen LogP contribution >= 0.6 is 0 Å². The van der Waals surface area contributed by atoms with Crippen molar-refractivity contribution in [1.29, 1.82) is 0 Å². The Morgan fingerprint density at radius 1 is 1.24 bits per heavy atom. The molecule has 0 radical (unpaired) electrons. The zero-order valence-electron chi connectivity index (χ0n) is 14.3. The van der Waals surface area contributed by atoms with Gasteiger partial charge in [-0.1, -0.05) is 12.8 Å². The molecule has 1 atom stereocenters. The first-order valence-electron chi connectivity index (χ1n) is 8.94.